The third-order valence-corrected chi connectivity index (χ3v) is 3.18. The van der Waals surface area contributed by atoms with Gasteiger partial charge in [0.2, 0.25) is 0 Å². The molecule has 2 heteroatoms. The van der Waals surface area contributed by atoms with Crippen LogP contribution in [-0.2, 0) is 0 Å². The Morgan fingerprint density at radius 2 is 1.88 bits per heavy atom. The van der Waals surface area contributed by atoms with Crippen molar-refractivity contribution in [3.63, 3.8) is 0 Å². The summed E-state index contributed by atoms with van der Waals surface area (Å²) in [5, 5.41) is 0. The molecule has 1 radical (unpaired) electrons. The summed E-state index contributed by atoms with van der Waals surface area (Å²) in [6.45, 7) is 4.77. The smallest absolute Gasteiger partial charge is 0.0412 e. The third kappa shape index (κ3) is 6.95. The molecule has 0 bridgehead atoms. The van der Waals surface area contributed by atoms with Crippen molar-refractivity contribution in [2.75, 3.05) is 4.43 Å². The Bertz CT molecular complexity index is 45.8. The van der Waals surface area contributed by atoms with E-state index in [-0.39, 0.29) is 8.80 Å². The lowest BCUT2D eigenvalue weighted by Crippen LogP contribution is -1.97. The first kappa shape index (κ1) is 8.95. The summed E-state index contributed by atoms with van der Waals surface area (Å²) in [4.78, 5) is 0. The molecule has 0 aliphatic heterocycles. The Morgan fingerprint density at radius 1 is 1.25 bits per heavy atom. The van der Waals surface area contributed by atoms with Gasteiger partial charge < -0.3 is 0 Å². The normalized spacial score (nSPS) is 10.5. The molecule has 0 saturated carbocycles. The van der Waals surface area contributed by atoms with E-state index in [1.807, 2.05) is 0 Å². The Kier molecular flexibility index (Phi) is 6.79. The van der Waals surface area contributed by atoms with Gasteiger partial charge in [-0.25, -0.2) is 0 Å². The quantitative estimate of drug-likeness (QED) is 0.307. The van der Waals surface area contributed by atoms with E-state index in [4.69, 9.17) is 0 Å². The van der Waals surface area contributed by atoms with Crippen molar-refractivity contribution in [2.24, 2.45) is 0 Å². The number of alkyl halides is 1. The van der Waals surface area contributed by atoms with Gasteiger partial charge in [0.15, 0.2) is 0 Å². The zero-order valence-corrected chi connectivity index (χ0v) is 8.86. The predicted molar refractivity (Wildman–Crippen MR) is 50.4 cm³/mol. The van der Waals surface area contributed by atoms with Crippen molar-refractivity contribution in [3.8, 4) is 0 Å². The highest BCUT2D eigenvalue weighted by molar-refractivity contribution is 14.1. The van der Waals surface area contributed by atoms with Crippen LogP contribution >= 0.6 is 22.6 Å². The molecule has 0 heterocycles. The molecule has 8 heavy (non-hydrogen) atoms. The SMILES string of the molecule is C[Si](C)CCCCI. The summed E-state index contributed by atoms with van der Waals surface area (Å²) in [5.41, 5.74) is 0. The molecule has 0 aliphatic rings. The number of rotatable bonds is 4. The maximum atomic E-state index is 2.45. The molecule has 0 N–H and O–H groups in total. The van der Waals surface area contributed by atoms with E-state index in [0.717, 1.165) is 0 Å². The zero-order valence-electron chi connectivity index (χ0n) is 5.71. The van der Waals surface area contributed by atoms with Gasteiger partial charge in [0.05, 0.1) is 0 Å². The molecule has 0 saturated heterocycles. The maximum Gasteiger partial charge on any atom is 0.0412 e. The molecule has 0 spiro atoms. The predicted octanol–water partition coefficient (Wildman–Crippen LogP) is 2.96. The Labute approximate surface area is 67.8 Å². The van der Waals surface area contributed by atoms with Crippen LogP contribution in [0.15, 0.2) is 0 Å². The van der Waals surface area contributed by atoms with E-state index in [9.17, 15) is 0 Å². The van der Waals surface area contributed by atoms with Crippen molar-refractivity contribution in [2.45, 2.75) is 32.0 Å². The standard InChI is InChI=1S/C6H14ISi/c1-8(2)6-4-3-5-7/h3-6H2,1-2H3. The summed E-state index contributed by atoms with van der Waals surface area (Å²) >= 11 is 2.45. The largest absolute Gasteiger partial charge is 0.0864 e. The Balaban J connectivity index is 2.72. The Morgan fingerprint density at radius 3 is 2.25 bits per heavy atom. The number of unbranched alkanes of at least 4 members (excludes halogenated alkanes) is 1. The van der Waals surface area contributed by atoms with Gasteiger partial charge in [0, 0.05) is 8.80 Å². The fourth-order valence-electron chi connectivity index (χ4n) is 0.573. The minimum Gasteiger partial charge on any atom is -0.0864 e. The first-order valence-corrected chi connectivity index (χ1v) is 7.35. The van der Waals surface area contributed by atoms with Gasteiger partial charge in [0.25, 0.3) is 0 Å². The van der Waals surface area contributed by atoms with Crippen LogP contribution in [0.4, 0.5) is 0 Å². The van der Waals surface area contributed by atoms with Crippen molar-refractivity contribution < 1.29 is 0 Å². The topological polar surface area (TPSA) is 0 Å². The summed E-state index contributed by atoms with van der Waals surface area (Å²) in [6, 6.07) is 1.51. The van der Waals surface area contributed by atoms with Crippen molar-refractivity contribution in [1.29, 1.82) is 0 Å². The van der Waals surface area contributed by atoms with E-state index >= 15 is 0 Å². The molecule has 0 aromatic heterocycles. The average molecular weight is 241 g/mol. The molecule has 49 valence electrons. The van der Waals surface area contributed by atoms with E-state index in [1.165, 1.54) is 23.3 Å². The molecule has 0 amide bonds. The highest BCUT2D eigenvalue weighted by Crippen LogP contribution is 2.02. The molecule has 0 aromatic rings. The van der Waals surface area contributed by atoms with Gasteiger partial charge in [0.1, 0.15) is 0 Å². The van der Waals surface area contributed by atoms with Gasteiger partial charge in [-0.15, -0.1) is 0 Å². The lowest BCUT2D eigenvalue weighted by atomic mass is 10.4. The molecule has 0 nitrogen and oxygen atoms in total. The third-order valence-electron chi connectivity index (χ3n) is 1.06. The average Bonchev–Trinajstić information content (AvgIpc) is 1.66. The second-order valence-corrected chi connectivity index (χ2v) is 6.35. The van der Waals surface area contributed by atoms with E-state index < -0.39 is 0 Å². The monoisotopic (exact) mass is 241 g/mol. The van der Waals surface area contributed by atoms with Gasteiger partial charge in [-0.3, -0.25) is 0 Å². The first-order chi connectivity index (χ1) is 3.77. The maximum absolute atomic E-state index is 2.45. The second-order valence-electron chi connectivity index (χ2n) is 2.35. The van der Waals surface area contributed by atoms with Crippen LogP contribution in [0.5, 0.6) is 0 Å². The highest BCUT2D eigenvalue weighted by Gasteiger charge is 1.93. The number of halogens is 1. The second kappa shape index (κ2) is 6.07. The summed E-state index contributed by atoms with van der Waals surface area (Å²) < 4.78 is 1.34. The Hall–Kier alpha value is 0.947. The minimum absolute atomic E-state index is 0.0896. The molecule has 0 aliphatic carbocycles. The fourth-order valence-corrected chi connectivity index (χ4v) is 2.07. The van der Waals surface area contributed by atoms with Crippen LogP contribution in [0, 0.1) is 0 Å². The van der Waals surface area contributed by atoms with E-state index in [1.54, 1.807) is 0 Å². The van der Waals surface area contributed by atoms with Crippen LogP contribution in [0.2, 0.25) is 19.1 Å². The van der Waals surface area contributed by atoms with Crippen molar-refractivity contribution in [1.82, 2.24) is 0 Å². The highest BCUT2D eigenvalue weighted by atomic mass is 127. The first-order valence-electron chi connectivity index (χ1n) is 3.12. The molecule has 0 fully saturated rings. The van der Waals surface area contributed by atoms with Crippen LogP contribution in [0.25, 0.3) is 0 Å². The molecule has 0 atom stereocenters. The summed E-state index contributed by atoms with van der Waals surface area (Å²) in [6.07, 6.45) is 2.89. The molecule has 0 rings (SSSR count). The van der Waals surface area contributed by atoms with Crippen molar-refractivity contribution in [3.05, 3.63) is 0 Å². The van der Waals surface area contributed by atoms with Gasteiger partial charge in [-0.2, -0.15) is 0 Å². The van der Waals surface area contributed by atoms with Gasteiger partial charge in [-0.05, 0) is 10.8 Å². The van der Waals surface area contributed by atoms with Gasteiger partial charge in [-0.1, -0.05) is 48.1 Å². The number of hydrogen-bond acceptors (Lipinski definition) is 0. The van der Waals surface area contributed by atoms with Crippen molar-refractivity contribution >= 4 is 31.4 Å². The van der Waals surface area contributed by atoms with Crippen LogP contribution in [0.3, 0.4) is 0 Å². The molecular weight excluding hydrogens is 227 g/mol. The van der Waals surface area contributed by atoms with Gasteiger partial charge >= 0.3 is 0 Å². The summed E-state index contributed by atoms with van der Waals surface area (Å²) in [7, 11) is 0.0896. The molecular formula is C6H14ISi. The number of hydrogen-bond donors (Lipinski definition) is 0. The lowest BCUT2D eigenvalue weighted by molar-refractivity contribution is 0.896. The lowest BCUT2D eigenvalue weighted by Gasteiger charge is -1.98. The minimum atomic E-state index is 0.0896. The summed E-state index contributed by atoms with van der Waals surface area (Å²) in [5.74, 6) is 0. The van der Waals surface area contributed by atoms with Crippen LogP contribution in [0.1, 0.15) is 12.8 Å². The molecule has 0 unspecified atom stereocenters. The van der Waals surface area contributed by atoms with E-state index in [0.29, 0.717) is 0 Å². The van der Waals surface area contributed by atoms with Crippen LogP contribution < -0.4 is 0 Å². The van der Waals surface area contributed by atoms with E-state index in [2.05, 4.69) is 35.7 Å². The molecule has 0 aromatic carbocycles. The zero-order chi connectivity index (χ0) is 6.41. The van der Waals surface area contributed by atoms with Crippen LogP contribution in [-0.4, -0.2) is 13.2 Å². The fraction of sp³-hybridized carbons (Fsp3) is 1.00.